The van der Waals surface area contributed by atoms with Crippen molar-refractivity contribution in [3.8, 4) is 0 Å². The molecule has 0 bridgehead atoms. The van der Waals surface area contributed by atoms with Crippen molar-refractivity contribution in [2.75, 3.05) is 6.54 Å². The van der Waals surface area contributed by atoms with Crippen molar-refractivity contribution >= 4 is 5.97 Å². The number of rotatable bonds is 6. The van der Waals surface area contributed by atoms with Crippen molar-refractivity contribution in [2.45, 2.75) is 38.0 Å². The Balaban J connectivity index is 3.35. The molecule has 0 radical (unpaired) electrons. The Bertz CT molecular complexity index is 550. The monoisotopic (exact) mass is 357 g/mol. The van der Waals surface area contributed by atoms with E-state index in [4.69, 9.17) is 10.8 Å². The number of hydrogen-bond donors (Lipinski definition) is 2. The third kappa shape index (κ3) is 5.12. The summed E-state index contributed by atoms with van der Waals surface area (Å²) in [4.78, 5) is 11.0. The van der Waals surface area contributed by atoms with Crippen LogP contribution in [-0.4, -0.2) is 17.6 Å². The van der Waals surface area contributed by atoms with Gasteiger partial charge in [-0.3, -0.25) is 4.79 Å². The van der Waals surface area contributed by atoms with Gasteiger partial charge in [0.2, 0.25) is 0 Å². The third-order valence-corrected chi connectivity index (χ3v) is 3.78. The summed E-state index contributed by atoms with van der Waals surface area (Å²) in [5, 5.41) is 8.99. The second-order valence-corrected chi connectivity index (χ2v) is 5.45. The number of carbonyl (C=O) groups is 1. The normalized spacial score (nSPS) is 15.2. The number of alkyl halides is 6. The summed E-state index contributed by atoms with van der Waals surface area (Å²) in [7, 11) is 0. The molecule has 0 fully saturated rings. The number of nitrogens with two attached hydrogens (primary N) is 1. The molecule has 9 heteroatoms. The maximum absolute atomic E-state index is 12.9. The van der Waals surface area contributed by atoms with Crippen LogP contribution in [0.3, 0.4) is 0 Å². The molecule has 2 unspecified atom stereocenters. The molecule has 136 valence electrons. The molecule has 0 aliphatic carbocycles. The molecule has 0 spiro atoms. The lowest BCUT2D eigenvalue weighted by molar-refractivity contribution is -0.144. The van der Waals surface area contributed by atoms with E-state index in [0.717, 1.165) is 0 Å². The third-order valence-electron chi connectivity index (χ3n) is 3.78. The minimum atomic E-state index is -4.94. The lowest BCUT2D eigenvalue weighted by Crippen LogP contribution is -2.25. The van der Waals surface area contributed by atoms with Gasteiger partial charge in [-0.2, -0.15) is 26.3 Å². The minimum Gasteiger partial charge on any atom is -0.481 e. The van der Waals surface area contributed by atoms with Crippen LogP contribution in [0.1, 0.15) is 42.4 Å². The molecule has 2 atom stereocenters. The van der Waals surface area contributed by atoms with Gasteiger partial charge in [-0.25, -0.2) is 0 Å². The standard InChI is InChI=1S/C15H17F6NO2/c1-2-8(3-10(7-22)13(23)24)9-4-11(14(16,17)18)6-12(5-9)15(19,20)21/h4-6,8,10H,2-3,7,22H2,1H3,(H,23,24). The molecule has 24 heavy (non-hydrogen) atoms. The zero-order chi connectivity index (χ0) is 18.7. The highest BCUT2D eigenvalue weighted by atomic mass is 19.4. The van der Waals surface area contributed by atoms with E-state index in [2.05, 4.69) is 0 Å². The second kappa shape index (κ2) is 7.42. The van der Waals surface area contributed by atoms with Gasteiger partial charge in [0.1, 0.15) is 0 Å². The molecule has 3 nitrogen and oxygen atoms in total. The Hall–Kier alpha value is -1.77. The highest BCUT2D eigenvalue weighted by Crippen LogP contribution is 2.39. The van der Waals surface area contributed by atoms with E-state index in [-0.39, 0.29) is 31.0 Å². The van der Waals surface area contributed by atoms with E-state index in [9.17, 15) is 31.1 Å². The van der Waals surface area contributed by atoms with Crippen molar-refractivity contribution in [3.05, 3.63) is 34.9 Å². The minimum absolute atomic E-state index is 0.0494. The molecule has 0 amide bonds. The molecular formula is C15H17F6NO2. The van der Waals surface area contributed by atoms with Crippen LogP contribution >= 0.6 is 0 Å². The van der Waals surface area contributed by atoms with Gasteiger partial charge >= 0.3 is 18.3 Å². The van der Waals surface area contributed by atoms with Gasteiger partial charge in [0.25, 0.3) is 0 Å². The largest absolute Gasteiger partial charge is 0.481 e. The average molecular weight is 357 g/mol. The van der Waals surface area contributed by atoms with Crippen molar-refractivity contribution in [1.29, 1.82) is 0 Å². The van der Waals surface area contributed by atoms with Crippen LogP contribution in [0.15, 0.2) is 18.2 Å². The first-order valence-electron chi connectivity index (χ1n) is 7.12. The predicted octanol–water partition coefficient (Wildman–Crippen LogP) is 4.27. The van der Waals surface area contributed by atoms with Gasteiger partial charge in [-0.15, -0.1) is 0 Å². The summed E-state index contributed by atoms with van der Waals surface area (Å²) < 4.78 is 77.3. The first kappa shape index (κ1) is 20.3. The summed E-state index contributed by atoms with van der Waals surface area (Å²) in [5.74, 6) is -3.06. The fourth-order valence-electron chi connectivity index (χ4n) is 2.39. The van der Waals surface area contributed by atoms with Crippen molar-refractivity contribution < 1.29 is 36.2 Å². The Morgan fingerprint density at radius 3 is 1.83 bits per heavy atom. The highest BCUT2D eigenvalue weighted by Gasteiger charge is 2.37. The molecule has 0 saturated carbocycles. The first-order valence-corrected chi connectivity index (χ1v) is 7.12. The zero-order valence-corrected chi connectivity index (χ0v) is 12.7. The van der Waals surface area contributed by atoms with Crippen LogP contribution in [0.25, 0.3) is 0 Å². The SMILES string of the molecule is CCC(CC(CN)C(=O)O)c1cc(C(F)(F)F)cc(C(F)(F)F)c1. The smallest absolute Gasteiger partial charge is 0.416 e. The average Bonchev–Trinajstić information content (AvgIpc) is 2.45. The van der Waals surface area contributed by atoms with E-state index < -0.39 is 41.3 Å². The predicted molar refractivity (Wildman–Crippen MR) is 74.3 cm³/mol. The van der Waals surface area contributed by atoms with E-state index in [0.29, 0.717) is 12.1 Å². The Morgan fingerprint density at radius 2 is 1.54 bits per heavy atom. The van der Waals surface area contributed by atoms with Crippen molar-refractivity contribution in [3.63, 3.8) is 0 Å². The molecule has 0 aliphatic rings. The lowest BCUT2D eigenvalue weighted by atomic mass is 9.85. The van der Waals surface area contributed by atoms with Gasteiger partial charge in [-0.1, -0.05) is 6.92 Å². The van der Waals surface area contributed by atoms with Crippen LogP contribution in [-0.2, 0) is 17.1 Å². The van der Waals surface area contributed by atoms with Crippen LogP contribution < -0.4 is 5.73 Å². The maximum Gasteiger partial charge on any atom is 0.416 e. The second-order valence-electron chi connectivity index (χ2n) is 5.45. The lowest BCUT2D eigenvalue weighted by Gasteiger charge is -2.22. The molecule has 0 aromatic heterocycles. The summed E-state index contributed by atoms with van der Waals surface area (Å²) in [6.45, 7) is 1.31. The fourth-order valence-corrected chi connectivity index (χ4v) is 2.39. The molecule has 0 saturated heterocycles. The number of benzene rings is 1. The highest BCUT2D eigenvalue weighted by molar-refractivity contribution is 5.70. The van der Waals surface area contributed by atoms with E-state index in [1.807, 2.05) is 0 Å². The first-order chi connectivity index (χ1) is 10.9. The Labute approximate surface area is 134 Å². The van der Waals surface area contributed by atoms with Crippen LogP contribution in [0.2, 0.25) is 0 Å². The summed E-state index contributed by atoms with van der Waals surface area (Å²) in [6, 6.07) is 1.32. The molecule has 1 rings (SSSR count). The van der Waals surface area contributed by atoms with Crippen LogP contribution in [0.4, 0.5) is 26.3 Å². The van der Waals surface area contributed by atoms with Gasteiger partial charge in [-0.05, 0) is 42.5 Å². The van der Waals surface area contributed by atoms with E-state index in [1.165, 1.54) is 0 Å². The molecule has 1 aromatic rings. The molecule has 0 heterocycles. The van der Waals surface area contributed by atoms with Crippen LogP contribution in [0, 0.1) is 5.92 Å². The van der Waals surface area contributed by atoms with Gasteiger partial charge in [0.15, 0.2) is 0 Å². The summed E-state index contributed by atoms with van der Waals surface area (Å²) >= 11 is 0. The maximum atomic E-state index is 12.9. The Kier molecular flexibility index (Phi) is 6.26. The van der Waals surface area contributed by atoms with Gasteiger partial charge < -0.3 is 10.8 Å². The summed E-state index contributed by atoms with van der Waals surface area (Å²) in [6.07, 6.45) is -9.83. The van der Waals surface area contributed by atoms with Crippen LogP contribution in [0.5, 0.6) is 0 Å². The molecule has 3 N–H and O–H groups in total. The van der Waals surface area contributed by atoms with Gasteiger partial charge in [0.05, 0.1) is 17.0 Å². The molecular weight excluding hydrogens is 340 g/mol. The molecule has 1 aromatic carbocycles. The number of carboxylic acid groups (broad SMARTS) is 1. The topological polar surface area (TPSA) is 63.3 Å². The number of aliphatic carboxylic acids is 1. The van der Waals surface area contributed by atoms with E-state index in [1.54, 1.807) is 6.92 Å². The molecule has 0 aliphatic heterocycles. The van der Waals surface area contributed by atoms with Crippen molar-refractivity contribution in [2.24, 2.45) is 11.7 Å². The number of halogens is 6. The number of carboxylic acids is 1. The zero-order valence-electron chi connectivity index (χ0n) is 12.7. The fraction of sp³-hybridized carbons (Fsp3) is 0.533. The quantitative estimate of drug-likeness (QED) is 0.748. The van der Waals surface area contributed by atoms with Gasteiger partial charge in [0, 0.05) is 6.54 Å². The summed E-state index contributed by atoms with van der Waals surface area (Å²) in [5.41, 5.74) is 2.29. The number of hydrogen-bond acceptors (Lipinski definition) is 2. The Morgan fingerprint density at radius 1 is 1.08 bits per heavy atom. The van der Waals surface area contributed by atoms with Crippen molar-refractivity contribution in [1.82, 2.24) is 0 Å². The van der Waals surface area contributed by atoms with E-state index >= 15 is 0 Å².